The third-order valence-electron chi connectivity index (χ3n) is 10.3. The summed E-state index contributed by atoms with van der Waals surface area (Å²) in [5, 5.41) is 9.02. The maximum Gasteiger partial charge on any atom is 0.0740 e. The molecule has 0 saturated heterocycles. The van der Waals surface area contributed by atoms with Gasteiger partial charge in [0.15, 0.2) is 0 Å². The third kappa shape index (κ3) is 3.58. The van der Waals surface area contributed by atoms with Gasteiger partial charge in [-0.15, -0.1) is 0 Å². The van der Waals surface area contributed by atoms with Crippen molar-refractivity contribution in [2.75, 3.05) is 0 Å². The molecule has 8 aromatic rings. The second-order valence-electron chi connectivity index (χ2n) is 13.2. The Morgan fingerprint density at radius 3 is 1.67 bits per heavy atom. The van der Waals surface area contributed by atoms with E-state index in [9.17, 15) is 0 Å². The summed E-state index contributed by atoms with van der Waals surface area (Å²) in [6.45, 7) is 9.11. The van der Waals surface area contributed by atoms with E-state index in [2.05, 4.69) is 149 Å². The predicted octanol–water partition coefficient (Wildman–Crippen LogP) is 12.0. The zero-order chi connectivity index (χ0) is 30.4. The molecule has 1 aliphatic rings. The highest BCUT2D eigenvalue weighted by molar-refractivity contribution is 6.25. The van der Waals surface area contributed by atoms with Crippen LogP contribution in [-0.4, -0.2) is 4.98 Å². The van der Waals surface area contributed by atoms with Crippen LogP contribution in [0.4, 0.5) is 0 Å². The molecule has 0 bridgehead atoms. The Hall–Kier alpha value is -5.27. The molecule has 7 aromatic carbocycles. The van der Waals surface area contributed by atoms with Gasteiger partial charge in [-0.3, -0.25) is 4.98 Å². The molecule has 9 rings (SSSR count). The number of benzene rings is 7. The van der Waals surface area contributed by atoms with Crippen LogP contribution in [0.15, 0.2) is 128 Å². The van der Waals surface area contributed by atoms with Crippen molar-refractivity contribution in [1.29, 1.82) is 0 Å². The molecule has 45 heavy (non-hydrogen) atoms. The van der Waals surface area contributed by atoms with E-state index in [1.54, 1.807) is 0 Å². The van der Waals surface area contributed by atoms with E-state index >= 15 is 0 Å². The summed E-state index contributed by atoms with van der Waals surface area (Å²) in [6, 6.07) is 45.3. The summed E-state index contributed by atoms with van der Waals surface area (Å²) in [5.74, 6) is 0. The first-order chi connectivity index (χ1) is 21.9. The Kier molecular flexibility index (Phi) is 5.44. The Labute approximate surface area is 263 Å². The SMILES string of the molecule is Cc1ccc(-c2c3ccccc3c(-c3cc4c(c5ccccc35)-c3ccnc5c(C)ccc(c35)C4(C)C)c3ccccc23)cc1. The Morgan fingerprint density at radius 1 is 0.489 bits per heavy atom. The average molecular weight is 576 g/mol. The van der Waals surface area contributed by atoms with Crippen LogP contribution in [-0.2, 0) is 5.41 Å². The lowest BCUT2D eigenvalue weighted by Gasteiger charge is -2.36. The normalized spacial score (nSPS) is 13.5. The van der Waals surface area contributed by atoms with Crippen LogP contribution in [0.2, 0.25) is 0 Å². The summed E-state index contributed by atoms with van der Waals surface area (Å²) in [6.07, 6.45) is 1.99. The fraction of sp³-hybridized carbons (Fsp3) is 0.114. The van der Waals surface area contributed by atoms with Gasteiger partial charge < -0.3 is 0 Å². The van der Waals surface area contributed by atoms with Crippen molar-refractivity contribution in [2.24, 2.45) is 0 Å². The molecule has 0 N–H and O–H groups in total. The van der Waals surface area contributed by atoms with Crippen LogP contribution in [0.5, 0.6) is 0 Å². The van der Waals surface area contributed by atoms with Gasteiger partial charge >= 0.3 is 0 Å². The van der Waals surface area contributed by atoms with E-state index < -0.39 is 0 Å². The number of fused-ring (bicyclic) bond motifs is 6. The monoisotopic (exact) mass is 575 g/mol. The lowest BCUT2D eigenvalue weighted by Crippen LogP contribution is -2.24. The predicted molar refractivity (Wildman–Crippen MR) is 192 cm³/mol. The quantitative estimate of drug-likeness (QED) is 0.187. The molecule has 1 nitrogen and oxygen atoms in total. The highest BCUT2D eigenvalue weighted by Crippen LogP contribution is 2.54. The molecule has 0 aliphatic heterocycles. The summed E-state index contributed by atoms with van der Waals surface area (Å²) >= 11 is 0. The summed E-state index contributed by atoms with van der Waals surface area (Å²) in [7, 11) is 0. The molecule has 1 heteroatoms. The molecule has 0 spiro atoms. The standard InChI is InChI=1S/C44H33N/c1-26-17-20-28(21-18-26)39-31-13-7-9-15-33(31)40(34-16-10-8-14-32(34)39)36-25-38-41(30-12-6-5-11-29(30)36)35-23-24-45-43-27(2)19-22-37(42(35)43)44(38,3)4/h5-25H,1-4H3. The van der Waals surface area contributed by atoms with E-state index in [0.29, 0.717) is 0 Å². The Bertz CT molecular complexity index is 2460. The topological polar surface area (TPSA) is 12.9 Å². The molecular weight excluding hydrogens is 542 g/mol. The smallest absolute Gasteiger partial charge is 0.0740 e. The van der Waals surface area contributed by atoms with Crippen molar-refractivity contribution >= 4 is 43.2 Å². The van der Waals surface area contributed by atoms with Crippen LogP contribution < -0.4 is 0 Å². The second-order valence-corrected chi connectivity index (χ2v) is 13.2. The highest BCUT2D eigenvalue weighted by Gasteiger charge is 2.36. The van der Waals surface area contributed by atoms with Crippen molar-refractivity contribution in [2.45, 2.75) is 33.1 Å². The molecule has 0 atom stereocenters. The Balaban J connectivity index is 1.46. The number of hydrogen-bond acceptors (Lipinski definition) is 1. The van der Waals surface area contributed by atoms with Gasteiger partial charge in [0, 0.05) is 17.0 Å². The first-order valence-corrected chi connectivity index (χ1v) is 15.9. The summed E-state index contributed by atoms with van der Waals surface area (Å²) in [4.78, 5) is 4.87. The van der Waals surface area contributed by atoms with E-state index in [0.717, 1.165) is 5.52 Å². The number of rotatable bonds is 2. The second kappa shape index (κ2) is 9.36. The van der Waals surface area contributed by atoms with Crippen LogP contribution in [0.25, 0.3) is 76.6 Å². The zero-order valence-electron chi connectivity index (χ0n) is 26.1. The van der Waals surface area contributed by atoms with Crippen LogP contribution in [0.1, 0.15) is 36.1 Å². The van der Waals surface area contributed by atoms with Crippen molar-refractivity contribution in [1.82, 2.24) is 4.98 Å². The first kappa shape index (κ1) is 26.2. The molecule has 0 saturated carbocycles. The molecule has 0 amide bonds. The van der Waals surface area contributed by atoms with E-state index in [4.69, 9.17) is 4.98 Å². The van der Waals surface area contributed by atoms with Gasteiger partial charge in [-0.05, 0) is 108 Å². The summed E-state index contributed by atoms with van der Waals surface area (Å²) in [5.41, 5.74) is 13.9. The van der Waals surface area contributed by atoms with E-state index in [1.165, 1.54) is 93.3 Å². The zero-order valence-corrected chi connectivity index (χ0v) is 26.1. The number of pyridine rings is 1. The molecular formula is C44H33N. The molecule has 0 fully saturated rings. The molecule has 1 heterocycles. The number of aromatic nitrogens is 1. The van der Waals surface area contributed by atoms with Crippen molar-refractivity contribution in [3.63, 3.8) is 0 Å². The minimum absolute atomic E-state index is 0.205. The van der Waals surface area contributed by atoms with Crippen LogP contribution in [0, 0.1) is 13.8 Å². The largest absolute Gasteiger partial charge is 0.256 e. The maximum absolute atomic E-state index is 4.87. The lowest BCUT2D eigenvalue weighted by atomic mass is 9.67. The van der Waals surface area contributed by atoms with Gasteiger partial charge in [0.1, 0.15) is 0 Å². The highest BCUT2D eigenvalue weighted by atomic mass is 14.7. The van der Waals surface area contributed by atoms with Crippen molar-refractivity contribution < 1.29 is 0 Å². The van der Waals surface area contributed by atoms with Gasteiger partial charge in [0.25, 0.3) is 0 Å². The number of aryl methyl sites for hydroxylation is 2. The average Bonchev–Trinajstić information content (AvgIpc) is 3.07. The minimum Gasteiger partial charge on any atom is -0.256 e. The van der Waals surface area contributed by atoms with E-state index in [-0.39, 0.29) is 5.41 Å². The number of hydrogen-bond donors (Lipinski definition) is 0. The lowest BCUT2D eigenvalue weighted by molar-refractivity contribution is 0.646. The third-order valence-corrected chi connectivity index (χ3v) is 10.3. The molecule has 214 valence electrons. The molecule has 1 aromatic heterocycles. The molecule has 1 aliphatic carbocycles. The number of nitrogens with zero attached hydrogens (tertiary/aromatic N) is 1. The fourth-order valence-corrected chi connectivity index (χ4v) is 8.09. The van der Waals surface area contributed by atoms with E-state index in [1.807, 2.05) is 6.20 Å². The van der Waals surface area contributed by atoms with Gasteiger partial charge in [-0.2, -0.15) is 0 Å². The fourth-order valence-electron chi connectivity index (χ4n) is 8.09. The summed E-state index contributed by atoms with van der Waals surface area (Å²) < 4.78 is 0. The van der Waals surface area contributed by atoms with Gasteiger partial charge in [-0.25, -0.2) is 0 Å². The van der Waals surface area contributed by atoms with Crippen molar-refractivity contribution in [3.8, 4) is 33.4 Å². The van der Waals surface area contributed by atoms with Crippen LogP contribution >= 0.6 is 0 Å². The Morgan fingerprint density at radius 2 is 1.04 bits per heavy atom. The minimum atomic E-state index is -0.205. The first-order valence-electron chi connectivity index (χ1n) is 15.9. The van der Waals surface area contributed by atoms with Gasteiger partial charge in [0.05, 0.1) is 5.52 Å². The van der Waals surface area contributed by atoms with Gasteiger partial charge in [0.2, 0.25) is 0 Å². The van der Waals surface area contributed by atoms with Gasteiger partial charge in [-0.1, -0.05) is 129 Å². The van der Waals surface area contributed by atoms with Crippen LogP contribution in [0.3, 0.4) is 0 Å². The molecule has 0 unspecified atom stereocenters. The van der Waals surface area contributed by atoms with Crippen molar-refractivity contribution in [3.05, 3.63) is 150 Å². The maximum atomic E-state index is 4.87. The molecule has 0 radical (unpaired) electrons.